The summed E-state index contributed by atoms with van der Waals surface area (Å²) in [4.78, 5) is 2.32. The van der Waals surface area contributed by atoms with Crippen LogP contribution in [0.2, 0.25) is 0 Å². The van der Waals surface area contributed by atoms with Gasteiger partial charge in [0.1, 0.15) is 0 Å². The van der Waals surface area contributed by atoms with Crippen LogP contribution in [0.25, 0.3) is 0 Å². The Bertz CT molecular complexity index is 372. The first-order chi connectivity index (χ1) is 8.99. The highest BCUT2D eigenvalue weighted by Crippen LogP contribution is 2.32. The maximum absolute atomic E-state index is 4.43. The molecule has 0 saturated heterocycles. The molecule has 4 nitrogen and oxygen atoms in total. The predicted octanol–water partition coefficient (Wildman–Crippen LogP) is 2.67. The van der Waals surface area contributed by atoms with Gasteiger partial charge in [-0.3, -0.25) is 4.68 Å². The van der Waals surface area contributed by atoms with Crippen LogP contribution in [0.5, 0.6) is 0 Å². The molecular weight excluding hydrogens is 236 g/mol. The van der Waals surface area contributed by atoms with Gasteiger partial charge >= 0.3 is 0 Å². The highest BCUT2D eigenvalue weighted by atomic mass is 15.3. The lowest BCUT2D eigenvalue weighted by atomic mass is 9.84. The molecule has 0 aromatic carbocycles. The number of aromatic nitrogens is 2. The van der Waals surface area contributed by atoms with Crippen molar-refractivity contribution in [2.75, 3.05) is 20.6 Å². The largest absolute Gasteiger partial charge is 0.308 e. The molecule has 1 heterocycles. The molecule has 1 aromatic rings. The van der Waals surface area contributed by atoms with Gasteiger partial charge in [-0.1, -0.05) is 13.8 Å². The fourth-order valence-corrected chi connectivity index (χ4v) is 2.47. The second-order valence-corrected chi connectivity index (χ2v) is 5.62. The molecule has 0 spiro atoms. The van der Waals surface area contributed by atoms with Crippen LogP contribution in [-0.2, 0) is 6.54 Å². The summed E-state index contributed by atoms with van der Waals surface area (Å²) in [7, 11) is 4.32. The number of hydrogen-bond donors (Lipinski definition) is 1. The third-order valence-electron chi connectivity index (χ3n) is 4.27. The smallest absolute Gasteiger partial charge is 0.0538 e. The van der Waals surface area contributed by atoms with E-state index in [0.29, 0.717) is 6.04 Å². The van der Waals surface area contributed by atoms with Gasteiger partial charge in [-0.15, -0.1) is 0 Å². The van der Waals surface area contributed by atoms with Crippen LogP contribution < -0.4 is 5.32 Å². The van der Waals surface area contributed by atoms with E-state index in [1.807, 2.05) is 10.9 Å². The lowest BCUT2D eigenvalue weighted by molar-refractivity contribution is 0.113. The van der Waals surface area contributed by atoms with Gasteiger partial charge in [-0.2, -0.15) is 5.10 Å². The van der Waals surface area contributed by atoms with Crippen molar-refractivity contribution in [3.8, 4) is 0 Å². The number of rotatable bonds is 8. The minimum atomic E-state index is 0.0940. The zero-order valence-electron chi connectivity index (χ0n) is 13.4. The Morgan fingerprint density at radius 1 is 1.37 bits per heavy atom. The molecule has 1 N–H and O–H groups in total. The van der Waals surface area contributed by atoms with Gasteiger partial charge in [0.25, 0.3) is 0 Å². The Hall–Kier alpha value is -0.870. The van der Waals surface area contributed by atoms with Gasteiger partial charge in [-0.05, 0) is 47.3 Å². The number of hydrogen-bond acceptors (Lipinski definition) is 3. The van der Waals surface area contributed by atoms with Crippen molar-refractivity contribution < 1.29 is 0 Å². The highest BCUT2D eigenvalue weighted by molar-refractivity contribution is 5.17. The number of nitrogens with zero attached hydrogens (tertiary/aromatic N) is 3. The maximum Gasteiger partial charge on any atom is 0.0538 e. The van der Waals surface area contributed by atoms with E-state index in [9.17, 15) is 0 Å². The lowest BCUT2D eigenvalue weighted by Crippen LogP contribution is -2.51. The van der Waals surface area contributed by atoms with Crippen LogP contribution in [0.4, 0.5) is 0 Å². The molecule has 0 saturated carbocycles. The van der Waals surface area contributed by atoms with Crippen molar-refractivity contribution in [1.29, 1.82) is 0 Å². The third kappa shape index (κ3) is 3.57. The molecule has 2 atom stereocenters. The minimum Gasteiger partial charge on any atom is -0.308 e. The Kier molecular flexibility index (Phi) is 6.01. The van der Waals surface area contributed by atoms with Crippen molar-refractivity contribution in [3.63, 3.8) is 0 Å². The molecule has 0 aliphatic carbocycles. The number of nitrogens with one attached hydrogen (secondary N) is 1. The third-order valence-corrected chi connectivity index (χ3v) is 4.27. The standard InChI is InChI=1S/C15H30N4/c1-7-10-16-14(15(4,8-2)18(5)6)13-11-17-19(9-3)12-13/h11-12,14,16H,7-10H2,1-6H3. The van der Waals surface area contributed by atoms with E-state index < -0.39 is 0 Å². The normalized spacial score (nSPS) is 16.6. The van der Waals surface area contributed by atoms with E-state index in [0.717, 1.165) is 25.9 Å². The molecule has 0 bridgehead atoms. The summed E-state index contributed by atoms with van der Waals surface area (Å²) in [5.41, 5.74) is 1.38. The van der Waals surface area contributed by atoms with Crippen LogP contribution in [0.15, 0.2) is 12.4 Å². The molecule has 0 aliphatic rings. The Morgan fingerprint density at radius 2 is 2.05 bits per heavy atom. The Morgan fingerprint density at radius 3 is 2.47 bits per heavy atom. The molecule has 110 valence electrons. The highest BCUT2D eigenvalue weighted by Gasteiger charge is 2.36. The van der Waals surface area contributed by atoms with Gasteiger partial charge in [0.15, 0.2) is 0 Å². The number of aryl methyl sites for hydroxylation is 1. The Balaban J connectivity index is 3.05. The molecule has 1 rings (SSSR count). The first-order valence-corrected chi connectivity index (χ1v) is 7.42. The number of likely N-dealkylation sites (N-methyl/N-ethyl adjacent to an activating group) is 1. The molecule has 2 unspecified atom stereocenters. The molecule has 1 aromatic heterocycles. The summed E-state index contributed by atoms with van der Waals surface area (Å²) in [5.74, 6) is 0. The SMILES string of the molecule is CCCNC(c1cnn(CC)c1)C(C)(CC)N(C)C. The maximum atomic E-state index is 4.43. The summed E-state index contributed by atoms with van der Waals surface area (Å²) in [6.45, 7) is 10.9. The minimum absolute atomic E-state index is 0.0940. The first kappa shape index (κ1) is 16.2. The van der Waals surface area contributed by atoms with Gasteiger partial charge in [0, 0.05) is 23.8 Å². The van der Waals surface area contributed by atoms with Crippen molar-refractivity contribution in [2.45, 2.75) is 58.7 Å². The summed E-state index contributed by atoms with van der Waals surface area (Å²) in [6, 6.07) is 0.313. The van der Waals surface area contributed by atoms with E-state index in [2.05, 4.69) is 63.3 Å². The van der Waals surface area contributed by atoms with Crippen LogP contribution in [0, 0.1) is 0 Å². The summed E-state index contributed by atoms with van der Waals surface area (Å²) < 4.78 is 2.00. The predicted molar refractivity (Wildman–Crippen MR) is 81.3 cm³/mol. The lowest BCUT2D eigenvalue weighted by Gasteiger charge is -2.43. The summed E-state index contributed by atoms with van der Waals surface area (Å²) >= 11 is 0. The van der Waals surface area contributed by atoms with E-state index >= 15 is 0 Å². The summed E-state index contributed by atoms with van der Waals surface area (Å²) in [6.07, 6.45) is 6.42. The van der Waals surface area contributed by atoms with Crippen LogP contribution in [0.3, 0.4) is 0 Å². The van der Waals surface area contributed by atoms with Crippen molar-refractivity contribution in [2.24, 2.45) is 0 Å². The van der Waals surface area contributed by atoms with Crippen molar-refractivity contribution in [3.05, 3.63) is 18.0 Å². The van der Waals surface area contributed by atoms with Crippen LogP contribution >= 0.6 is 0 Å². The molecule has 0 amide bonds. The average Bonchev–Trinajstić information content (AvgIpc) is 2.87. The molecular formula is C15H30N4. The van der Waals surface area contributed by atoms with E-state index in [1.165, 1.54) is 5.56 Å². The topological polar surface area (TPSA) is 33.1 Å². The molecule has 4 heteroatoms. The summed E-state index contributed by atoms with van der Waals surface area (Å²) in [5, 5.41) is 8.13. The second kappa shape index (κ2) is 7.06. The first-order valence-electron chi connectivity index (χ1n) is 7.42. The van der Waals surface area contributed by atoms with Crippen LogP contribution in [0.1, 0.15) is 52.1 Å². The van der Waals surface area contributed by atoms with Gasteiger partial charge < -0.3 is 10.2 Å². The van der Waals surface area contributed by atoms with Gasteiger partial charge in [0.2, 0.25) is 0 Å². The van der Waals surface area contributed by atoms with E-state index in [4.69, 9.17) is 0 Å². The van der Waals surface area contributed by atoms with E-state index in [1.54, 1.807) is 0 Å². The fourth-order valence-electron chi connectivity index (χ4n) is 2.47. The van der Waals surface area contributed by atoms with Crippen molar-refractivity contribution in [1.82, 2.24) is 20.0 Å². The fraction of sp³-hybridized carbons (Fsp3) is 0.800. The van der Waals surface area contributed by atoms with Gasteiger partial charge in [0.05, 0.1) is 12.2 Å². The Labute approximate surface area is 118 Å². The van der Waals surface area contributed by atoms with Crippen molar-refractivity contribution >= 4 is 0 Å². The monoisotopic (exact) mass is 266 g/mol. The molecule has 0 fully saturated rings. The van der Waals surface area contributed by atoms with Crippen LogP contribution in [-0.4, -0.2) is 40.9 Å². The van der Waals surface area contributed by atoms with Gasteiger partial charge in [-0.25, -0.2) is 0 Å². The molecule has 0 radical (unpaired) electrons. The molecule has 0 aliphatic heterocycles. The zero-order valence-corrected chi connectivity index (χ0v) is 13.4. The quantitative estimate of drug-likeness (QED) is 0.785. The zero-order chi connectivity index (χ0) is 14.5. The van der Waals surface area contributed by atoms with E-state index in [-0.39, 0.29) is 5.54 Å². The molecule has 19 heavy (non-hydrogen) atoms. The average molecular weight is 266 g/mol. The second-order valence-electron chi connectivity index (χ2n) is 5.62.